The number of hydrogen-bond donors (Lipinski definition) is 0. The molecular weight excluding hydrogens is 509 g/mol. The maximum atomic E-state index is 6.12. The van der Waals surface area contributed by atoms with E-state index in [4.69, 9.17) is 18.9 Å². The number of morpholine rings is 1. The van der Waals surface area contributed by atoms with Gasteiger partial charge in [0.25, 0.3) is 0 Å². The lowest BCUT2D eigenvalue weighted by molar-refractivity contribution is 0.0357. The molecule has 4 rings (SSSR count). The third-order valence-electron chi connectivity index (χ3n) is 4.95. The van der Waals surface area contributed by atoms with Crippen LogP contribution in [-0.4, -0.2) is 60.9 Å². The molecule has 0 radical (unpaired) electrons. The molecule has 1 fully saturated rings. The molecule has 0 unspecified atom stereocenters. The van der Waals surface area contributed by atoms with Gasteiger partial charge in [0.15, 0.2) is 11.5 Å². The number of benzene rings is 2. The van der Waals surface area contributed by atoms with Crippen molar-refractivity contribution in [3.63, 3.8) is 0 Å². The van der Waals surface area contributed by atoms with Crippen LogP contribution in [0.15, 0.2) is 42.7 Å². The monoisotopic (exact) mass is 535 g/mol. The SMILES string of the molecule is CCOc1cc2ncnc(Oc3cccc(I)c3)c2cc1OCCCN1CCOCC1. The van der Waals surface area contributed by atoms with E-state index in [1.54, 1.807) is 0 Å². The van der Waals surface area contributed by atoms with Crippen molar-refractivity contribution in [3.8, 4) is 23.1 Å². The second-order valence-corrected chi connectivity index (χ2v) is 8.39. The van der Waals surface area contributed by atoms with E-state index in [1.165, 1.54) is 6.33 Å². The van der Waals surface area contributed by atoms with Gasteiger partial charge in [0, 0.05) is 29.3 Å². The summed E-state index contributed by atoms with van der Waals surface area (Å²) in [7, 11) is 0. The normalized spacial score (nSPS) is 14.5. The predicted molar refractivity (Wildman–Crippen MR) is 127 cm³/mol. The maximum absolute atomic E-state index is 6.12. The van der Waals surface area contributed by atoms with Crippen LogP contribution >= 0.6 is 22.6 Å². The number of hydrogen-bond acceptors (Lipinski definition) is 7. The highest BCUT2D eigenvalue weighted by Crippen LogP contribution is 2.36. The lowest BCUT2D eigenvalue weighted by Crippen LogP contribution is -2.37. The number of nitrogens with zero attached hydrogens (tertiary/aromatic N) is 3. The molecule has 1 aromatic heterocycles. The Kier molecular flexibility index (Phi) is 7.76. The van der Waals surface area contributed by atoms with Gasteiger partial charge in [-0.05, 0) is 60.2 Å². The molecule has 1 saturated heterocycles. The minimum absolute atomic E-state index is 0.494. The molecule has 3 aromatic rings. The summed E-state index contributed by atoms with van der Waals surface area (Å²) in [5.74, 6) is 2.58. The Hall–Kier alpha value is -2.17. The van der Waals surface area contributed by atoms with Crippen LogP contribution in [0.2, 0.25) is 0 Å². The van der Waals surface area contributed by atoms with Gasteiger partial charge in [0.05, 0.1) is 37.3 Å². The van der Waals surface area contributed by atoms with E-state index >= 15 is 0 Å². The molecule has 1 aliphatic heterocycles. The fourth-order valence-electron chi connectivity index (χ4n) is 3.44. The minimum atomic E-state index is 0.494. The van der Waals surface area contributed by atoms with Crippen LogP contribution < -0.4 is 14.2 Å². The van der Waals surface area contributed by atoms with Crippen molar-refractivity contribution in [2.24, 2.45) is 0 Å². The molecule has 2 aromatic carbocycles. The van der Waals surface area contributed by atoms with Gasteiger partial charge < -0.3 is 18.9 Å². The molecule has 1 aliphatic rings. The molecule has 0 saturated carbocycles. The Bertz CT molecular complexity index is 1010. The van der Waals surface area contributed by atoms with E-state index in [1.807, 2.05) is 43.3 Å². The molecule has 0 aliphatic carbocycles. The number of ether oxygens (including phenoxy) is 4. The Morgan fingerprint density at radius 3 is 2.71 bits per heavy atom. The summed E-state index contributed by atoms with van der Waals surface area (Å²) in [6.07, 6.45) is 2.44. The Morgan fingerprint density at radius 2 is 1.90 bits per heavy atom. The van der Waals surface area contributed by atoms with Gasteiger partial charge in [0.2, 0.25) is 5.88 Å². The van der Waals surface area contributed by atoms with Gasteiger partial charge in [-0.1, -0.05) is 6.07 Å². The second kappa shape index (κ2) is 10.9. The molecule has 7 nitrogen and oxygen atoms in total. The van der Waals surface area contributed by atoms with Crippen LogP contribution in [0.25, 0.3) is 10.9 Å². The second-order valence-electron chi connectivity index (χ2n) is 7.14. The van der Waals surface area contributed by atoms with Gasteiger partial charge >= 0.3 is 0 Å². The topological polar surface area (TPSA) is 65.9 Å². The Labute approximate surface area is 195 Å². The zero-order valence-corrected chi connectivity index (χ0v) is 19.7. The van der Waals surface area contributed by atoms with Crippen molar-refractivity contribution < 1.29 is 18.9 Å². The fraction of sp³-hybridized carbons (Fsp3) is 0.391. The summed E-state index contributed by atoms with van der Waals surface area (Å²) in [6, 6.07) is 11.6. The van der Waals surface area contributed by atoms with E-state index in [2.05, 4.69) is 37.5 Å². The fourth-order valence-corrected chi connectivity index (χ4v) is 3.95. The van der Waals surface area contributed by atoms with Crippen LogP contribution in [-0.2, 0) is 4.74 Å². The third kappa shape index (κ3) is 5.96. The largest absolute Gasteiger partial charge is 0.490 e. The predicted octanol–water partition coefficient (Wildman–Crippen LogP) is 4.53. The first-order valence-corrected chi connectivity index (χ1v) is 11.6. The van der Waals surface area contributed by atoms with E-state index in [0.29, 0.717) is 30.6 Å². The summed E-state index contributed by atoms with van der Waals surface area (Å²) < 4.78 is 24.5. The molecule has 31 heavy (non-hydrogen) atoms. The first kappa shape index (κ1) is 22.0. The van der Waals surface area contributed by atoms with Gasteiger partial charge in [-0.25, -0.2) is 9.97 Å². The summed E-state index contributed by atoms with van der Waals surface area (Å²) in [5, 5.41) is 0.785. The molecule has 0 bridgehead atoms. The van der Waals surface area contributed by atoms with E-state index in [9.17, 15) is 0 Å². The number of rotatable bonds is 9. The van der Waals surface area contributed by atoms with Crippen molar-refractivity contribution >= 4 is 33.5 Å². The first-order valence-electron chi connectivity index (χ1n) is 10.5. The van der Waals surface area contributed by atoms with Crippen LogP contribution in [0.3, 0.4) is 0 Å². The van der Waals surface area contributed by atoms with E-state index in [0.717, 1.165) is 59.5 Å². The van der Waals surface area contributed by atoms with E-state index < -0.39 is 0 Å². The highest BCUT2D eigenvalue weighted by atomic mass is 127. The molecular formula is C23H26IN3O4. The third-order valence-corrected chi connectivity index (χ3v) is 5.63. The molecule has 0 N–H and O–H groups in total. The number of aromatic nitrogens is 2. The van der Waals surface area contributed by atoms with Crippen LogP contribution in [0.4, 0.5) is 0 Å². The molecule has 164 valence electrons. The lowest BCUT2D eigenvalue weighted by Gasteiger charge is -2.26. The van der Waals surface area contributed by atoms with Gasteiger partial charge in [-0.15, -0.1) is 0 Å². The zero-order valence-electron chi connectivity index (χ0n) is 17.6. The first-order chi connectivity index (χ1) is 15.2. The maximum Gasteiger partial charge on any atom is 0.230 e. The van der Waals surface area contributed by atoms with Crippen LogP contribution in [0.5, 0.6) is 23.1 Å². The van der Waals surface area contributed by atoms with Crippen molar-refractivity contribution in [1.29, 1.82) is 0 Å². The quantitative estimate of drug-likeness (QED) is 0.295. The molecule has 8 heteroatoms. The van der Waals surface area contributed by atoms with Crippen molar-refractivity contribution in [3.05, 3.63) is 46.3 Å². The van der Waals surface area contributed by atoms with Crippen LogP contribution in [0, 0.1) is 3.57 Å². The Balaban J connectivity index is 1.52. The highest BCUT2D eigenvalue weighted by molar-refractivity contribution is 14.1. The minimum Gasteiger partial charge on any atom is -0.490 e. The average molecular weight is 535 g/mol. The van der Waals surface area contributed by atoms with E-state index in [-0.39, 0.29) is 0 Å². The highest BCUT2D eigenvalue weighted by Gasteiger charge is 2.14. The zero-order chi connectivity index (χ0) is 21.5. The molecule has 0 atom stereocenters. The lowest BCUT2D eigenvalue weighted by atomic mass is 10.2. The average Bonchev–Trinajstić information content (AvgIpc) is 2.78. The number of fused-ring (bicyclic) bond motifs is 1. The Morgan fingerprint density at radius 1 is 1.06 bits per heavy atom. The smallest absolute Gasteiger partial charge is 0.230 e. The van der Waals surface area contributed by atoms with Gasteiger partial charge in [-0.3, -0.25) is 4.90 Å². The van der Waals surface area contributed by atoms with Crippen molar-refractivity contribution in [2.75, 3.05) is 46.1 Å². The number of halogens is 1. The van der Waals surface area contributed by atoms with Crippen molar-refractivity contribution in [2.45, 2.75) is 13.3 Å². The van der Waals surface area contributed by atoms with Gasteiger partial charge in [0.1, 0.15) is 12.1 Å². The van der Waals surface area contributed by atoms with Gasteiger partial charge in [-0.2, -0.15) is 0 Å². The summed E-state index contributed by atoms with van der Waals surface area (Å²) >= 11 is 2.26. The molecule has 0 spiro atoms. The summed E-state index contributed by atoms with van der Waals surface area (Å²) in [5.41, 5.74) is 0.750. The summed E-state index contributed by atoms with van der Waals surface area (Å²) in [4.78, 5) is 11.2. The molecule has 2 heterocycles. The standard InChI is InChI=1S/C23H26IN3O4/c1-2-29-22-15-20-19(14-21(22)30-10-4-7-27-8-11-28-12-9-27)23(26-16-25-20)31-18-6-3-5-17(24)13-18/h3,5-6,13-16H,2,4,7-12H2,1H3. The van der Waals surface area contributed by atoms with Crippen LogP contribution in [0.1, 0.15) is 13.3 Å². The van der Waals surface area contributed by atoms with Crippen molar-refractivity contribution in [1.82, 2.24) is 14.9 Å². The summed E-state index contributed by atoms with van der Waals surface area (Å²) in [6.45, 7) is 7.68. The molecule has 0 amide bonds.